The number of hydrogen-bond acceptors (Lipinski definition) is 7. The Morgan fingerprint density at radius 3 is 2.04 bits per heavy atom. The van der Waals surface area contributed by atoms with Gasteiger partial charge in [0.15, 0.2) is 5.76 Å². The van der Waals surface area contributed by atoms with E-state index in [0.29, 0.717) is 24.4 Å². The minimum atomic E-state index is -1.20. The Bertz CT molecular complexity index is 513. The van der Waals surface area contributed by atoms with Crippen LogP contribution in [0.25, 0.3) is 5.76 Å². The molecule has 136 valence electrons. The maximum absolute atomic E-state index is 11.0. The van der Waals surface area contributed by atoms with Crippen molar-refractivity contribution in [3.05, 3.63) is 35.6 Å². The van der Waals surface area contributed by atoms with Crippen LogP contribution in [0.5, 0.6) is 5.75 Å². The molecule has 0 amide bonds. The minimum Gasteiger partial charge on any atom is -0.496 e. The van der Waals surface area contributed by atoms with Crippen molar-refractivity contribution in [3.63, 3.8) is 0 Å². The number of carbonyl (C=O) groups is 1. The van der Waals surface area contributed by atoms with E-state index in [2.05, 4.69) is 5.32 Å². The summed E-state index contributed by atoms with van der Waals surface area (Å²) in [7, 11) is 4.15. The Morgan fingerprint density at radius 1 is 1.04 bits per heavy atom. The third-order valence-corrected chi connectivity index (χ3v) is 2.74. The Morgan fingerprint density at radius 2 is 1.62 bits per heavy atom. The molecule has 0 aromatic heterocycles. The first-order chi connectivity index (χ1) is 11.6. The van der Waals surface area contributed by atoms with Crippen molar-refractivity contribution in [2.45, 2.75) is 0 Å². The molecular weight excluding hydrogens is 318 g/mol. The fourth-order valence-electron chi connectivity index (χ4n) is 1.72. The standard InChI is InChI=1S/C12H14O5.C4H11NO2/c1-15-9-7-5-4-6-8(9)10(16-2)11(17-3)12(13)14;6-3-1-5-2-4-7/h4-7H,1-3H3,(H,13,14);5-7H,1-4H2. The smallest absolute Gasteiger partial charge is 0.375 e. The Balaban J connectivity index is 0.000000640. The molecule has 1 aromatic rings. The number of carboxylic acid groups (broad SMARTS) is 1. The van der Waals surface area contributed by atoms with E-state index in [0.717, 1.165) is 0 Å². The maximum Gasteiger partial charge on any atom is 0.375 e. The molecule has 0 aliphatic carbocycles. The molecular formula is C16H25NO7. The van der Waals surface area contributed by atoms with Crippen molar-refractivity contribution in [1.82, 2.24) is 5.32 Å². The first-order valence-corrected chi connectivity index (χ1v) is 7.18. The van der Waals surface area contributed by atoms with Gasteiger partial charge in [0.1, 0.15) is 5.75 Å². The van der Waals surface area contributed by atoms with Crippen LogP contribution in [-0.2, 0) is 14.3 Å². The molecule has 0 fully saturated rings. The van der Waals surface area contributed by atoms with Gasteiger partial charge in [0.25, 0.3) is 0 Å². The van der Waals surface area contributed by atoms with Crippen molar-refractivity contribution in [2.75, 3.05) is 47.6 Å². The first kappa shape index (κ1) is 21.7. The summed E-state index contributed by atoms with van der Waals surface area (Å²) in [5.74, 6) is -0.829. The molecule has 0 saturated carbocycles. The molecule has 8 nitrogen and oxygen atoms in total. The second-order valence-corrected chi connectivity index (χ2v) is 4.27. The van der Waals surface area contributed by atoms with E-state index in [1.807, 2.05) is 0 Å². The number of aliphatic carboxylic acids is 1. The zero-order valence-corrected chi connectivity index (χ0v) is 14.1. The van der Waals surface area contributed by atoms with Crippen LogP contribution < -0.4 is 10.1 Å². The molecule has 0 saturated heterocycles. The lowest BCUT2D eigenvalue weighted by Crippen LogP contribution is -2.21. The molecule has 1 rings (SSSR count). The average Bonchev–Trinajstić information content (AvgIpc) is 2.60. The zero-order chi connectivity index (χ0) is 18.4. The van der Waals surface area contributed by atoms with E-state index in [4.69, 9.17) is 29.5 Å². The summed E-state index contributed by atoms with van der Waals surface area (Å²) in [5.41, 5.74) is 0.525. The number of benzene rings is 1. The van der Waals surface area contributed by atoms with Gasteiger partial charge >= 0.3 is 5.97 Å². The summed E-state index contributed by atoms with van der Waals surface area (Å²) in [6.07, 6.45) is 0. The van der Waals surface area contributed by atoms with E-state index in [-0.39, 0.29) is 24.7 Å². The number of nitrogens with one attached hydrogen (secondary N) is 1. The largest absolute Gasteiger partial charge is 0.496 e. The van der Waals surface area contributed by atoms with Gasteiger partial charge in [-0.05, 0) is 12.1 Å². The van der Waals surface area contributed by atoms with Crippen molar-refractivity contribution >= 4 is 11.7 Å². The van der Waals surface area contributed by atoms with Gasteiger partial charge in [-0.15, -0.1) is 0 Å². The Labute approximate surface area is 141 Å². The Hall–Kier alpha value is -2.29. The molecule has 0 aliphatic rings. The highest BCUT2D eigenvalue weighted by Gasteiger charge is 2.20. The molecule has 0 radical (unpaired) electrons. The predicted octanol–water partition coefficient (Wildman–Crippen LogP) is 0.302. The summed E-state index contributed by atoms with van der Waals surface area (Å²) < 4.78 is 15.0. The lowest BCUT2D eigenvalue weighted by Gasteiger charge is -2.13. The molecule has 0 spiro atoms. The second-order valence-electron chi connectivity index (χ2n) is 4.27. The summed E-state index contributed by atoms with van der Waals surface area (Å²) in [4.78, 5) is 11.0. The van der Waals surface area contributed by atoms with Crippen LogP contribution in [0.15, 0.2) is 30.0 Å². The number of para-hydroxylation sites is 1. The quantitative estimate of drug-likeness (QED) is 0.287. The molecule has 0 atom stereocenters. The van der Waals surface area contributed by atoms with Gasteiger partial charge in [-0.25, -0.2) is 4.79 Å². The van der Waals surface area contributed by atoms with E-state index < -0.39 is 5.97 Å². The van der Waals surface area contributed by atoms with Crippen LogP contribution in [0.2, 0.25) is 0 Å². The average molecular weight is 343 g/mol. The number of ether oxygens (including phenoxy) is 3. The fraction of sp³-hybridized carbons (Fsp3) is 0.438. The van der Waals surface area contributed by atoms with Crippen LogP contribution in [-0.4, -0.2) is 68.9 Å². The van der Waals surface area contributed by atoms with Crippen LogP contribution in [0, 0.1) is 0 Å². The maximum atomic E-state index is 11.0. The molecule has 0 bridgehead atoms. The lowest BCUT2D eigenvalue weighted by molar-refractivity contribution is -0.136. The number of carboxylic acids is 1. The summed E-state index contributed by atoms with van der Waals surface area (Å²) in [6, 6.07) is 6.94. The number of hydrogen-bond donors (Lipinski definition) is 4. The third-order valence-electron chi connectivity index (χ3n) is 2.74. The monoisotopic (exact) mass is 343 g/mol. The summed E-state index contributed by atoms with van der Waals surface area (Å²) in [6.45, 7) is 1.42. The van der Waals surface area contributed by atoms with Crippen LogP contribution in [0.3, 0.4) is 0 Å². The van der Waals surface area contributed by atoms with Crippen molar-refractivity contribution in [1.29, 1.82) is 0 Å². The number of aliphatic hydroxyl groups excluding tert-OH is 2. The fourth-order valence-corrected chi connectivity index (χ4v) is 1.72. The van der Waals surface area contributed by atoms with E-state index in [9.17, 15) is 4.79 Å². The van der Waals surface area contributed by atoms with Gasteiger partial charge in [-0.3, -0.25) is 0 Å². The lowest BCUT2D eigenvalue weighted by atomic mass is 10.1. The second kappa shape index (κ2) is 13.2. The van der Waals surface area contributed by atoms with Gasteiger partial charge in [-0.1, -0.05) is 12.1 Å². The molecule has 0 unspecified atom stereocenters. The highest BCUT2D eigenvalue weighted by atomic mass is 16.5. The van der Waals surface area contributed by atoms with Crippen molar-refractivity contribution in [2.24, 2.45) is 0 Å². The highest BCUT2D eigenvalue weighted by molar-refractivity contribution is 5.93. The van der Waals surface area contributed by atoms with Crippen LogP contribution in [0.4, 0.5) is 0 Å². The minimum absolute atomic E-state index is 0.123. The number of aliphatic hydroxyl groups is 2. The summed E-state index contributed by atoms with van der Waals surface area (Å²) in [5, 5.41) is 28.1. The van der Waals surface area contributed by atoms with Crippen molar-refractivity contribution < 1.29 is 34.3 Å². The first-order valence-electron chi connectivity index (χ1n) is 7.18. The molecule has 4 N–H and O–H groups in total. The zero-order valence-electron chi connectivity index (χ0n) is 14.1. The Kier molecular flexibility index (Phi) is 11.9. The molecule has 8 heteroatoms. The van der Waals surface area contributed by atoms with Crippen LogP contribution >= 0.6 is 0 Å². The SMILES string of the molecule is COC(C(=O)O)=C(OC)c1ccccc1OC.OCCNCCO. The van der Waals surface area contributed by atoms with Gasteiger partial charge in [-0.2, -0.15) is 0 Å². The van der Waals surface area contributed by atoms with E-state index in [1.54, 1.807) is 24.3 Å². The van der Waals surface area contributed by atoms with Gasteiger partial charge in [0, 0.05) is 13.1 Å². The topological polar surface area (TPSA) is 117 Å². The predicted molar refractivity (Wildman–Crippen MR) is 88.6 cm³/mol. The van der Waals surface area contributed by atoms with Crippen LogP contribution in [0.1, 0.15) is 5.56 Å². The molecule has 1 aromatic carbocycles. The summed E-state index contributed by atoms with van der Waals surface area (Å²) >= 11 is 0. The van der Waals surface area contributed by atoms with Gasteiger partial charge in [0.05, 0.1) is 40.1 Å². The number of methoxy groups -OCH3 is 3. The molecule has 0 aliphatic heterocycles. The van der Waals surface area contributed by atoms with Crippen molar-refractivity contribution in [3.8, 4) is 5.75 Å². The number of rotatable bonds is 9. The van der Waals surface area contributed by atoms with E-state index >= 15 is 0 Å². The highest BCUT2D eigenvalue weighted by Crippen LogP contribution is 2.28. The third kappa shape index (κ3) is 7.32. The van der Waals surface area contributed by atoms with Gasteiger partial charge in [0.2, 0.25) is 5.76 Å². The van der Waals surface area contributed by atoms with Gasteiger partial charge < -0.3 is 34.8 Å². The normalized spacial score (nSPS) is 10.9. The molecule has 0 heterocycles. The van der Waals surface area contributed by atoms with E-state index in [1.165, 1.54) is 21.3 Å². The molecule has 24 heavy (non-hydrogen) atoms.